The van der Waals surface area contributed by atoms with Crippen LogP contribution in [0.15, 0.2) is 41.5 Å². The highest BCUT2D eigenvalue weighted by molar-refractivity contribution is 7.22. The SMILES string of the molecule is CN(/N=C/c1cc2c3c(c1)CCCN3CCC2)c1nc2ccccc2s1. The molecule has 1 aromatic heterocycles. The third-order valence-corrected chi connectivity index (χ3v) is 6.40. The number of benzene rings is 2. The van der Waals surface area contributed by atoms with E-state index in [2.05, 4.69) is 39.3 Å². The van der Waals surface area contributed by atoms with Gasteiger partial charge in [0, 0.05) is 25.8 Å². The molecule has 0 bridgehead atoms. The molecule has 0 unspecified atom stereocenters. The summed E-state index contributed by atoms with van der Waals surface area (Å²) in [6, 6.07) is 12.9. The Balaban J connectivity index is 1.43. The molecule has 132 valence electrons. The van der Waals surface area contributed by atoms with E-state index in [9.17, 15) is 0 Å². The van der Waals surface area contributed by atoms with Crippen molar-refractivity contribution in [2.45, 2.75) is 25.7 Å². The lowest BCUT2D eigenvalue weighted by Gasteiger charge is -2.37. The summed E-state index contributed by atoms with van der Waals surface area (Å²) in [5, 5.41) is 7.46. The van der Waals surface area contributed by atoms with Gasteiger partial charge in [-0.1, -0.05) is 23.5 Å². The van der Waals surface area contributed by atoms with Crippen LogP contribution < -0.4 is 9.91 Å². The largest absolute Gasteiger partial charge is 0.371 e. The number of hydrogen-bond donors (Lipinski definition) is 0. The zero-order valence-electron chi connectivity index (χ0n) is 15.0. The van der Waals surface area contributed by atoms with E-state index in [0.717, 1.165) is 10.6 Å². The number of fused-ring (bicyclic) bond motifs is 1. The fourth-order valence-electron chi connectivity index (χ4n) is 4.11. The number of para-hydroxylation sites is 1. The standard InChI is InChI=1S/C21H22N4S/c1-24(21-23-18-8-2-3-9-19(18)26-21)22-14-15-12-16-6-4-10-25-11-5-7-17(13-15)20(16)25/h2-3,8-9,12-14H,4-7,10-11H2,1H3/b22-14+. The van der Waals surface area contributed by atoms with Gasteiger partial charge in [0.2, 0.25) is 5.13 Å². The molecule has 2 aromatic carbocycles. The van der Waals surface area contributed by atoms with E-state index in [-0.39, 0.29) is 0 Å². The van der Waals surface area contributed by atoms with Gasteiger partial charge < -0.3 is 4.90 Å². The minimum Gasteiger partial charge on any atom is -0.371 e. The molecule has 0 amide bonds. The van der Waals surface area contributed by atoms with Crippen LogP contribution in [0, 0.1) is 0 Å². The highest BCUT2D eigenvalue weighted by Crippen LogP contribution is 2.36. The molecular formula is C21H22N4S. The number of aryl methyl sites for hydroxylation is 2. The van der Waals surface area contributed by atoms with Crippen LogP contribution in [0.3, 0.4) is 0 Å². The lowest BCUT2D eigenvalue weighted by molar-refractivity contribution is 0.634. The van der Waals surface area contributed by atoms with Gasteiger partial charge in [-0.05, 0) is 66.6 Å². The van der Waals surface area contributed by atoms with Crippen LogP contribution in [0.1, 0.15) is 29.5 Å². The second kappa shape index (κ2) is 6.40. The highest BCUT2D eigenvalue weighted by Gasteiger charge is 2.23. The van der Waals surface area contributed by atoms with E-state index in [1.807, 2.05) is 30.4 Å². The second-order valence-corrected chi connectivity index (χ2v) is 8.12. The van der Waals surface area contributed by atoms with Gasteiger partial charge in [-0.3, -0.25) is 0 Å². The zero-order valence-corrected chi connectivity index (χ0v) is 15.8. The van der Waals surface area contributed by atoms with Crippen molar-refractivity contribution in [2.24, 2.45) is 5.10 Å². The number of hydrogen-bond acceptors (Lipinski definition) is 5. The summed E-state index contributed by atoms with van der Waals surface area (Å²) in [5.41, 5.74) is 6.75. The first kappa shape index (κ1) is 15.8. The van der Waals surface area contributed by atoms with Gasteiger partial charge in [-0.2, -0.15) is 5.10 Å². The monoisotopic (exact) mass is 362 g/mol. The first-order valence-corrected chi connectivity index (χ1v) is 10.1. The molecule has 0 atom stereocenters. The lowest BCUT2D eigenvalue weighted by Crippen LogP contribution is -2.34. The van der Waals surface area contributed by atoms with Crippen LogP contribution >= 0.6 is 11.3 Å². The highest BCUT2D eigenvalue weighted by atomic mass is 32.1. The molecular weight excluding hydrogens is 340 g/mol. The smallest absolute Gasteiger partial charge is 0.206 e. The average Bonchev–Trinajstić information content (AvgIpc) is 3.11. The van der Waals surface area contributed by atoms with Crippen LogP contribution in [0.25, 0.3) is 10.2 Å². The van der Waals surface area contributed by atoms with E-state index < -0.39 is 0 Å². The Kier molecular flexibility index (Phi) is 3.89. The molecule has 4 nitrogen and oxygen atoms in total. The molecule has 0 saturated carbocycles. The van der Waals surface area contributed by atoms with Crippen LogP contribution in [-0.4, -0.2) is 31.3 Å². The van der Waals surface area contributed by atoms with Gasteiger partial charge in [0.1, 0.15) is 0 Å². The molecule has 3 aromatic rings. The van der Waals surface area contributed by atoms with Crippen molar-refractivity contribution in [1.82, 2.24) is 4.98 Å². The van der Waals surface area contributed by atoms with Crippen molar-refractivity contribution >= 4 is 38.6 Å². The van der Waals surface area contributed by atoms with Crippen LogP contribution in [-0.2, 0) is 12.8 Å². The molecule has 2 aliphatic heterocycles. The normalized spacial score (nSPS) is 16.3. The van der Waals surface area contributed by atoms with Crippen LogP contribution in [0.2, 0.25) is 0 Å². The lowest BCUT2D eigenvalue weighted by atomic mass is 9.90. The van der Waals surface area contributed by atoms with Gasteiger partial charge in [-0.25, -0.2) is 9.99 Å². The van der Waals surface area contributed by atoms with Crippen molar-refractivity contribution < 1.29 is 0 Å². The first-order valence-electron chi connectivity index (χ1n) is 9.32. The minimum atomic E-state index is 0.924. The summed E-state index contributed by atoms with van der Waals surface area (Å²) < 4.78 is 1.20. The predicted molar refractivity (Wildman–Crippen MR) is 111 cm³/mol. The Morgan fingerprint density at radius 3 is 2.58 bits per heavy atom. The molecule has 0 N–H and O–H groups in total. The number of nitrogens with zero attached hydrogens (tertiary/aromatic N) is 4. The van der Waals surface area contributed by atoms with Crippen molar-refractivity contribution in [3.05, 3.63) is 53.1 Å². The van der Waals surface area contributed by atoms with Crippen molar-refractivity contribution in [3.8, 4) is 0 Å². The molecule has 3 heterocycles. The fraction of sp³-hybridized carbons (Fsp3) is 0.333. The van der Waals surface area contributed by atoms with Gasteiger partial charge in [0.05, 0.1) is 16.4 Å². The van der Waals surface area contributed by atoms with Gasteiger partial charge in [-0.15, -0.1) is 0 Å². The molecule has 2 aliphatic rings. The molecule has 0 fully saturated rings. The van der Waals surface area contributed by atoms with Crippen molar-refractivity contribution in [2.75, 3.05) is 30.0 Å². The fourth-order valence-corrected chi connectivity index (χ4v) is 4.99. The molecule has 0 aliphatic carbocycles. The maximum absolute atomic E-state index is 4.67. The maximum atomic E-state index is 4.67. The Labute approximate surface area is 157 Å². The Hall–Kier alpha value is -2.40. The summed E-state index contributed by atoms with van der Waals surface area (Å²) in [5.74, 6) is 0. The summed E-state index contributed by atoms with van der Waals surface area (Å²) in [6.45, 7) is 2.43. The van der Waals surface area contributed by atoms with E-state index in [4.69, 9.17) is 0 Å². The molecule has 26 heavy (non-hydrogen) atoms. The van der Waals surface area contributed by atoms with Crippen molar-refractivity contribution in [3.63, 3.8) is 0 Å². The maximum Gasteiger partial charge on any atom is 0.206 e. The average molecular weight is 363 g/mol. The topological polar surface area (TPSA) is 31.7 Å². The quantitative estimate of drug-likeness (QED) is 0.509. The molecule has 0 spiro atoms. The molecule has 0 saturated heterocycles. The van der Waals surface area contributed by atoms with Crippen LogP contribution in [0.5, 0.6) is 0 Å². The van der Waals surface area contributed by atoms with Gasteiger partial charge >= 0.3 is 0 Å². The summed E-state index contributed by atoms with van der Waals surface area (Å²) in [7, 11) is 1.97. The third-order valence-electron chi connectivity index (χ3n) is 5.29. The Bertz CT molecular complexity index is 927. The number of rotatable bonds is 3. The summed E-state index contributed by atoms with van der Waals surface area (Å²) in [6.07, 6.45) is 6.89. The third kappa shape index (κ3) is 2.76. The predicted octanol–water partition coefficient (Wildman–Crippen LogP) is 4.47. The van der Waals surface area contributed by atoms with Crippen molar-refractivity contribution in [1.29, 1.82) is 0 Å². The van der Waals surface area contributed by atoms with E-state index >= 15 is 0 Å². The van der Waals surface area contributed by atoms with Gasteiger partial charge in [0.25, 0.3) is 0 Å². The van der Waals surface area contributed by atoms with E-state index in [0.29, 0.717) is 0 Å². The number of hydrazone groups is 1. The molecule has 5 rings (SSSR count). The van der Waals surface area contributed by atoms with Gasteiger partial charge in [0.15, 0.2) is 0 Å². The number of anilines is 2. The zero-order chi connectivity index (χ0) is 17.5. The molecule has 5 heteroatoms. The summed E-state index contributed by atoms with van der Waals surface area (Å²) >= 11 is 1.67. The van der Waals surface area contributed by atoms with E-state index in [1.54, 1.807) is 11.3 Å². The second-order valence-electron chi connectivity index (χ2n) is 7.11. The number of aromatic nitrogens is 1. The first-order chi connectivity index (χ1) is 12.8. The van der Waals surface area contributed by atoms with E-state index in [1.165, 1.54) is 65.9 Å². The number of thiazole rings is 1. The molecule has 0 radical (unpaired) electrons. The Morgan fingerprint density at radius 1 is 1.12 bits per heavy atom. The van der Waals surface area contributed by atoms with Crippen LogP contribution in [0.4, 0.5) is 10.8 Å². The Morgan fingerprint density at radius 2 is 1.85 bits per heavy atom. The summed E-state index contributed by atoms with van der Waals surface area (Å²) in [4.78, 5) is 7.25. The minimum absolute atomic E-state index is 0.924.